The molecule has 0 heterocycles. The molecule has 0 aromatic heterocycles. The molecule has 0 nitrogen and oxygen atoms in total. The molecule has 2 heteroatoms. The van der Waals surface area contributed by atoms with Crippen LogP contribution in [0.5, 0.6) is 0 Å². The fourth-order valence-electron chi connectivity index (χ4n) is 2.76. The number of hydrogen-bond acceptors (Lipinski definition) is 0. The smallest absolute Gasteiger partial charge is 0.123 e. The molecule has 21 heavy (non-hydrogen) atoms. The molecule has 0 saturated heterocycles. The van der Waals surface area contributed by atoms with Gasteiger partial charge in [0.05, 0.1) is 5.38 Å². The van der Waals surface area contributed by atoms with E-state index in [1.54, 1.807) is 12.1 Å². The molecule has 0 N–H and O–H groups in total. The molecule has 0 bridgehead atoms. The van der Waals surface area contributed by atoms with E-state index in [1.807, 2.05) is 0 Å². The summed E-state index contributed by atoms with van der Waals surface area (Å²) >= 11 is 6.72. The second-order valence-electron chi connectivity index (χ2n) is 5.30. The minimum Gasteiger partial charge on any atom is -0.207 e. The molecule has 0 spiro atoms. The number of alkyl halides is 1. The zero-order chi connectivity index (χ0) is 15.4. The molecule has 0 aliphatic carbocycles. The van der Waals surface area contributed by atoms with E-state index in [-0.39, 0.29) is 11.2 Å². The Hall–Kier alpha value is -1.34. The SMILES string of the molecule is CCc1cc(CC)c(C(Cl)c2ccc(F)cc2)c(CC)c1. The lowest BCUT2D eigenvalue weighted by molar-refractivity contribution is 0.627. The average Bonchev–Trinajstić information content (AvgIpc) is 2.53. The van der Waals surface area contributed by atoms with E-state index in [0.29, 0.717) is 0 Å². The Morgan fingerprint density at radius 3 is 1.86 bits per heavy atom. The summed E-state index contributed by atoms with van der Waals surface area (Å²) in [5.74, 6) is -0.227. The van der Waals surface area contributed by atoms with Gasteiger partial charge in [0.25, 0.3) is 0 Å². The fraction of sp³-hybridized carbons (Fsp3) is 0.368. The monoisotopic (exact) mass is 304 g/mol. The maximum Gasteiger partial charge on any atom is 0.123 e. The van der Waals surface area contributed by atoms with Gasteiger partial charge in [0.2, 0.25) is 0 Å². The van der Waals surface area contributed by atoms with Gasteiger partial charge in [0.1, 0.15) is 5.82 Å². The van der Waals surface area contributed by atoms with Crippen LogP contribution in [0.2, 0.25) is 0 Å². The highest BCUT2D eigenvalue weighted by atomic mass is 35.5. The number of hydrogen-bond donors (Lipinski definition) is 0. The number of aryl methyl sites for hydroxylation is 3. The van der Waals surface area contributed by atoms with Gasteiger partial charge in [-0.3, -0.25) is 0 Å². The van der Waals surface area contributed by atoms with Crippen molar-refractivity contribution in [2.45, 2.75) is 45.4 Å². The fourth-order valence-corrected chi connectivity index (χ4v) is 3.19. The van der Waals surface area contributed by atoms with Crippen molar-refractivity contribution in [2.75, 3.05) is 0 Å². The Labute approximate surface area is 132 Å². The molecular formula is C19H22ClF. The van der Waals surface area contributed by atoms with Gasteiger partial charge in [-0.25, -0.2) is 4.39 Å². The molecule has 2 aromatic carbocycles. The van der Waals surface area contributed by atoms with Crippen LogP contribution in [0.15, 0.2) is 36.4 Å². The molecule has 0 fully saturated rings. The summed E-state index contributed by atoms with van der Waals surface area (Å²) in [6.07, 6.45) is 2.95. The summed E-state index contributed by atoms with van der Waals surface area (Å²) in [6.45, 7) is 6.49. The lowest BCUT2D eigenvalue weighted by Crippen LogP contribution is -2.05. The van der Waals surface area contributed by atoms with Gasteiger partial charge >= 0.3 is 0 Å². The first-order valence-corrected chi connectivity index (χ1v) is 8.08. The molecular weight excluding hydrogens is 283 g/mol. The van der Waals surface area contributed by atoms with Crippen molar-refractivity contribution in [2.24, 2.45) is 0 Å². The van der Waals surface area contributed by atoms with Crippen LogP contribution in [0.4, 0.5) is 4.39 Å². The molecule has 2 rings (SSSR count). The molecule has 0 aliphatic heterocycles. The van der Waals surface area contributed by atoms with E-state index in [9.17, 15) is 4.39 Å². The maximum absolute atomic E-state index is 13.1. The number of halogens is 2. The normalized spacial score (nSPS) is 12.4. The highest BCUT2D eigenvalue weighted by Gasteiger charge is 2.18. The van der Waals surface area contributed by atoms with Crippen LogP contribution < -0.4 is 0 Å². The van der Waals surface area contributed by atoms with Gasteiger partial charge in [-0.2, -0.15) is 0 Å². The Bertz CT molecular complexity index is 576. The van der Waals surface area contributed by atoms with Gasteiger partial charge in [0.15, 0.2) is 0 Å². The van der Waals surface area contributed by atoms with Crippen molar-refractivity contribution in [3.8, 4) is 0 Å². The van der Waals surface area contributed by atoms with Gasteiger partial charge in [-0.1, -0.05) is 45.0 Å². The van der Waals surface area contributed by atoms with Crippen LogP contribution in [0.1, 0.15) is 54.0 Å². The highest BCUT2D eigenvalue weighted by Crippen LogP contribution is 2.35. The van der Waals surface area contributed by atoms with Crippen LogP contribution in [-0.2, 0) is 19.3 Å². The van der Waals surface area contributed by atoms with Gasteiger partial charge in [-0.05, 0) is 59.2 Å². The van der Waals surface area contributed by atoms with Crippen LogP contribution >= 0.6 is 11.6 Å². The van der Waals surface area contributed by atoms with Crippen molar-refractivity contribution >= 4 is 11.6 Å². The molecule has 1 unspecified atom stereocenters. The largest absolute Gasteiger partial charge is 0.207 e. The van der Waals surface area contributed by atoms with Gasteiger partial charge < -0.3 is 0 Å². The Balaban J connectivity index is 2.52. The summed E-state index contributed by atoms with van der Waals surface area (Å²) < 4.78 is 13.1. The topological polar surface area (TPSA) is 0 Å². The minimum atomic E-state index is -0.227. The second-order valence-corrected chi connectivity index (χ2v) is 5.74. The van der Waals surface area contributed by atoms with E-state index in [0.717, 1.165) is 24.8 Å². The summed E-state index contributed by atoms with van der Waals surface area (Å²) in [4.78, 5) is 0. The zero-order valence-electron chi connectivity index (χ0n) is 12.9. The highest BCUT2D eigenvalue weighted by molar-refractivity contribution is 6.22. The quantitative estimate of drug-likeness (QED) is 0.609. The van der Waals surface area contributed by atoms with Gasteiger partial charge in [0, 0.05) is 0 Å². The Morgan fingerprint density at radius 2 is 1.43 bits per heavy atom. The third-order valence-corrected chi connectivity index (χ3v) is 4.47. The Kier molecular flexibility index (Phi) is 5.41. The first kappa shape index (κ1) is 16.0. The van der Waals surface area contributed by atoms with Gasteiger partial charge in [-0.15, -0.1) is 11.6 Å². The third kappa shape index (κ3) is 3.47. The van der Waals surface area contributed by atoms with E-state index < -0.39 is 0 Å². The summed E-state index contributed by atoms with van der Waals surface area (Å²) in [7, 11) is 0. The van der Waals surface area contributed by atoms with Crippen LogP contribution in [-0.4, -0.2) is 0 Å². The lowest BCUT2D eigenvalue weighted by Gasteiger charge is -2.20. The van der Waals surface area contributed by atoms with E-state index in [2.05, 4.69) is 32.9 Å². The minimum absolute atomic E-state index is 0.221. The molecule has 0 radical (unpaired) electrons. The predicted octanol–water partition coefficient (Wildman–Crippen LogP) is 5.84. The molecule has 0 amide bonds. The molecule has 1 atom stereocenters. The van der Waals surface area contributed by atoms with Crippen LogP contribution in [0, 0.1) is 5.82 Å². The zero-order valence-corrected chi connectivity index (χ0v) is 13.7. The second kappa shape index (κ2) is 7.09. The van der Waals surface area contributed by atoms with Crippen LogP contribution in [0.3, 0.4) is 0 Å². The third-order valence-electron chi connectivity index (χ3n) is 4.00. The first-order chi connectivity index (χ1) is 10.1. The number of benzene rings is 2. The van der Waals surface area contributed by atoms with E-state index >= 15 is 0 Å². The van der Waals surface area contributed by atoms with Crippen molar-refractivity contribution < 1.29 is 4.39 Å². The summed E-state index contributed by atoms with van der Waals surface area (Å²) in [6, 6.07) is 11.0. The van der Waals surface area contributed by atoms with Crippen LogP contribution in [0.25, 0.3) is 0 Å². The molecule has 2 aromatic rings. The van der Waals surface area contributed by atoms with Crippen molar-refractivity contribution in [1.29, 1.82) is 0 Å². The van der Waals surface area contributed by atoms with E-state index in [4.69, 9.17) is 11.6 Å². The predicted molar refractivity (Wildman–Crippen MR) is 88.7 cm³/mol. The number of rotatable bonds is 5. The Morgan fingerprint density at radius 1 is 0.905 bits per heavy atom. The lowest BCUT2D eigenvalue weighted by atomic mass is 9.89. The average molecular weight is 305 g/mol. The van der Waals surface area contributed by atoms with Crippen molar-refractivity contribution in [1.82, 2.24) is 0 Å². The first-order valence-electron chi connectivity index (χ1n) is 7.64. The standard InChI is InChI=1S/C19H22ClF/c1-4-13-11-14(5-2)18(15(6-3)12-13)19(20)16-7-9-17(21)10-8-16/h7-12,19H,4-6H2,1-3H3. The molecule has 112 valence electrons. The van der Waals surface area contributed by atoms with Crippen molar-refractivity contribution in [3.05, 3.63) is 70.0 Å². The van der Waals surface area contributed by atoms with E-state index in [1.165, 1.54) is 34.4 Å². The summed E-state index contributed by atoms with van der Waals surface area (Å²) in [5.41, 5.74) is 6.11. The van der Waals surface area contributed by atoms with Crippen molar-refractivity contribution in [3.63, 3.8) is 0 Å². The molecule has 0 saturated carbocycles. The summed E-state index contributed by atoms with van der Waals surface area (Å²) in [5, 5.41) is -0.221. The molecule has 0 aliphatic rings. The maximum atomic E-state index is 13.1.